The van der Waals surface area contributed by atoms with Crippen molar-refractivity contribution in [2.45, 2.75) is 33.6 Å². The maximum Gasteiger partial charge on any atom is 0.318 e. The lowest BCUT2D eigenvalue weighted by Gasteiger charge is -2.14. The molecule has 2 rings (SSSR count). The molecule has 4 heteroatoms. The average molecular weight is 234 g/mol. The number of phenolic OH excluding ortho intramolecular Hbond substituents is 1. The highest BCUT2D eigenvalue weighted by molar-refractivity contribution is 6.03. The van der Waals surface area contributed by atoms with Gasteiger partial charge in [0, 0.05) is 5.56 Å². The van der Waals surface area contributed by atoms with Crippen molar-refractivity contribution in [3.63, 3.8) is 0 Å². The van der Waals surface area contributed by atoms with E-state index < -0.39 is 5.92 Å². The first-order valence-corrected chi connectivity index (χ1v) is 5.44. The molecule has 0 fully saturated rings. The smallest absolute Gasteiger partial charge is 0.318 e. The van der Waals surface area contributed by atoms with E-state index in [1.165, 1.54) is 6.92 Å². The molecular formula is C13H14O4. The fourth-order valence-electron chi connectivity index (χ4n) is 2.19. The third-order valence-corrected chi connectivity index (χ3v) is 3.35. The lowest BCUT2D eigenvalue weighted by atomic mass is 9.89. The molecule has 1 aliphatic heterocycles. The quantitative estimate of drug-likeness (QED) is 0.460. The number of ether oxygens (including phenoxy) is 1. The van der Waals surface area contributed by atoms with Crippen LogP contribution in [0, 0.1) is 13.8 Å². The predicted octanol–water partition coefficient (Wildman–Crippen LogP) is 2.23. The van der Waals surface area contributed by atoms with Crippen molar-refractivity contribution in [3.8, 4) is 11.5 Å². The molecule has 1 aliphatic rings. The third-order valence-electron chi connectivity index (χ3n) is 3.35. The summed E-state index contributed by atoms with van der Waals surface area (Å²) in [7, 11) is 0. The zero-order chi connectivity index (χ0) is 12.9. The van der Waals surface area contributed by atoms with Crippen LogP contribution >= 0.6 is 0 Å². The molecule has 1 unspecified atom stereocenters. The Morgan fingerprint density at radius 3 is 2.41 bits per heavy atom. The summed E-state index contributed by atoms with van der Waals surface area (Å²) in [5, 5.41) is 10.0. The second-order valence-corrected chi connectivity index (χ2v) is 4.42. The van der Waals surface area contributed by atoms with Crippen molar-refractivity contribution in [3.05, 3.63) is 22.3 Å². The van der Waals surface area contributed by atoms with Crippen LogP contribution in [-0.4, -0.2) is 16.9 Å². The molecule has 1 atom stereocenters. The number of carbonyl (C=O) groups excluding carboxylic acids is 2. The van der Waals surface area contributed by atoms with E-state index in [1.54, 1.807) is 20.8 Å². The number of esters is 1. The Hall–Kier alpha value is -1.84. The molecule has 0 radical (unpaired) electrons. The van der Waals surface area contributed by atoms with Gasteiger partial charge in [-0.3, -0.25) is 9.59 Å². The van der Waals surface area contributed by atoms with Crippen LogP contribution in [-0.2, 0) is 4.79 Å². The van der Waals surface area contributed by atoms with Crippen LogP contribution in [0.1, 0.15) is 46.8 Å². The van der Waals surface area contributed by atoms with E-state index in [0.29, 0.717) is 22.4 Å². The van der Waals surface area contributed by atoms with E-state index in [-0.39, 0.29) is 23.1 Å². The van der Waals surface area contributed by atoms with Gasteiger partial charge in [-0.25, -0.2) is 0 Å². The topological polar surface area (TPSA) is 63.6 Å². The van der Waals surface area contributed by atoms with E-state index >= 15 is 0 Å². The van der Waals surface area contributed by atoms with Crippen molar-refractivity contribution in [2.24, 2.45) is 0 Å². The van der Waals surface area contributed by atoms with Gasteiger partial charge in [0.25, 0.3) is 0 Å². The highest BCUT2D eigenvalue weighted by atomic mass is 16.5. The average Bonchev–Trinajstić information content (AvgIpc) is 2.54. The Morgan fingerprint density at radius 1 is 1.29 bits per heavy atom. The van der Waals surface area contributed by atoms with E-state index in [2.05, 4.69) is 0 Å². The van der Waals surface area contributed by atoms with Gasteiger partial charge in [-0.1, -0.05) is 0 Å². The molecule has 0 aromatic heterocycles. The maximum atomic E-state index is 11.6. The first kappa shape index (κ1) is 11.6. The molecule has 0 bridgehead atoms. The van der Waals surface area contributed by atoms with Crippen LogP contribution in [0.2, 0.25) is 0 Å². The molecule has 17 heavy (non-hydrogen) atoms. The van der Waals surface area contributed by atoms with E-state index in [1.807, 2.05) is 0 Å². The molecule has 0 saturated carbocycles. The zero-order valence-corrected chi connectivity index (χ0v) is 10.2. The SMILES string of the molecule is CC(=O)c1c(O)c(C)c(C)c2c1C(C)C(=O)O2. The molecule has 0 saturated heterocycles. The first-order chi connectivity index (χ1) is 7.86. The third kappa shape index (κ3) is 1.44. The van der Waals surface area contributed by atoms with Gasteiger partial charge in [0.05, 0.1) is 11.5 Å². The summed E-state index contributed by atoms with van der Waals surface area (Å²) in [6.45, 7) is 6.52. The molecular weight excluding hydrogens is 220 g/mol. The molecule has 90 valence electrons. The number of fused-ring (bicyclic) bond motifs is 1. The van der Waals surface area contributed by atoms with Crippen LogP contribution < -0.4 is 4.74 Å². The van der Waals surface area contributed by atoms with E-state index in [4.69, 9.17) is 4.74 Å². The van der Waals surface area contributed by atoms with Crippen LogP contribution in [0.4, 0.5) is 0 Å². The number of rotatable bonds is 1. The van der Waals surface area contributed by atoms with Crippen LogP contribution in [0.3, 0.4) is 0 Å². The van der Waals surface area contributed by atoms with E-state index in [0.717, 1.165) is 0 Å². The minimum Gasteiger partial charge on any atom is -0.507 e. The standard InChI is InChI=1S/C13H14O4/c1-5-6(2)12-9(7(3)13(16)17-12)10(8(4)14)11(5)15/h7,15H,1-4H3. The maximum absolute atomic E-state index is 11.6. The number of aromatic hydroxyl groups is 1. The van der Waals surface area contributed by atoms with Crippen LogP contribution in [0.5, 0.6) is 11.5 Å². The van der Waals surface area contributed by atoms with Gasteiger partial charge in [0.1, 0.15) is 11.5 Å². The minimum atomic E-state index is -0.505. The first-order valence-electron chi connectivity index (χ1n) is 5.44. The molecule has 0 aliphatic carbocycles. The number of hydrogen-bond donors (Lipinski definition) is 1. The van der Waals surface area contributed by atoms with Gasteiger partial charge in [-0.05, 0) is 38.8 Å². The van der Waals surface area contributed by atoms with Gasteiger partial charge >= 0.3 is 5.97 Å². The highest BCUT2D eigenvalue weighted by Crippen LogP contribution is 2.45. The van der Waals surface area contributed by atoms with Gasteiger partial charge in [-0.15, -0.1) is 0 Å². The number of carbonyl (C=O) groups is 2. The molecule has 1 heterocycles. The molecule has 0 spiro atoms. The van der Waals surface area contributed by atoms with E-state index in [9.17, 15) is 14.7 Å². The van der Waals surface area contributed by atoms with Gasteiger partial charge < -0.3 is 9.84 Å². The fourth-order valence-corrected chi connectivity index (χ4v) is 2.19. The van der Waals surface area contributed by atoms with Crippen molar-refractivity contribution >= 4 is 11.8 Å². The Balaban J connectivity index is 2.88. The summed E-state index contributed by atoms with van der Waals surface area (Å²) in [6, 6.07) is 0. The Labute approximate surface area is 99.2 Å². The Kier molecular flexibility index (Phi) is 2.45. The Morgan fingerprint density at radius 2 is 1.88 bits per heavy atom. The molecule has 0 amide bonds. The largest absolute Gasteiger partial charge is 0.507 e. The second kappa shape index (κ2) is 3.58. The lowest BCUT2D eigenvalue weighted by molar-refractivity contribution is -0.133. The van der Waals surface area contributed by atoms with Crippen molar-refractivity contribution in [1.82, 2.24) is 0 Å². The number of ketones is 1. The number of Topliss-reactive ketones (excluding diaryl/α,β-unsaturated/α-hetero) is 1. The van der Waals surface area contributed by atoms with Crippen LogP contribution in [0.25, 0.3) is 0 Å². The molecule has 4 nitrogen and oxygen atoms in total. The summed E-state index contributed by atoms with van der Waals surface area (Å²) in [5.41, 5.74) is 2.01. The minimum absolute atomic E-state index is 0.0427. The van der Waals surface area contributed by atoms with Crippen molar-refractivity contribution in [1.29, 1.82) is 0 Å². The lowest BCUT2D eigenvalue weighted by Crippen LogP contribution is -2.08. The number of phenols is 1. The van der Waals surface area contributed by atoms with Gasteiger partial charge in [-0.2, -0.15) is 0 Å². The molecule has 1 N–H and O–H groups in total. The summed E-state index contributed by atoms with van der Waals surface area (Å²) in [5.74, 6) is -0.751. The summed E-state index contributed by atoms with van der Waals surface area (Å²) in [4.78, 5) is 23.2. The summed E-state index contributed by atoms with van der Waals surface area (Å²) >= 11 is 0. The van der Waals surface area contributed by atoms with Crippen LogP contribution in [0.15, 0.2) is 0 Å². The van der Waals surface area contributed by atoms with Gasteiger partial charge in [0.15, 0.2) is 5.78 Å². The normalized spacial score (nSPS) is 17.9. The summed E-state index contributed by atoms with van der Waals surface area (Å²) in [6.07, 6.45) is 0. The van der Waals surface area contributed by atoms with Crippen molar-refractivity contribution in [2.75, 3.05) is 0 Å². The molecule has 1 aromatic rings. The van der Waals surface area contributed by atoms with Crippen molar-refractivity contribution < 1.29 is 19.4 Å². The fraction of sp³-hybridized carbons (Fsp3) is 0.385. The highest BCUT2D eigenvalue weighted by Gasteiger charge is 2.36. The van der Waals surface area contributed by atoms with Gasteiger partial charge in [0.2, 0.25) is 0 Å². The second-order valence-electron chi connectivity index (χ2n) is 4.42. The number of benzene rings is 1. The molecule has 1 aromatic carbocycles. The predicted molar refractivity (Wildman–Crippen MR) is 61.6 cm³/mol. The Bertz CT molecular complexity index is 543. The zero-order valence-electron chi connectivity index (χ0n) is 10.2. The number of hydrogen-bond acceptors (Lipinski definition) is 4. The summed E-state index contributed by atoms with van der Waals surface area (Å²) < 4.78 is 5.17. The monoisotopic (exact) mass is 234 g/mol.